The fourth-order valence-corrected chi connectivity index (χ4v) is 3.99. The fourth-order valence-electron chi connectivity index (χ4n) is 3.14. The minimum atomic E-state index is -0.426. The summed E-state index contributed by atoms with van der Waals surface area (Å²) in [6, 6.07) is 14.1. The number of thioether (sulfide) groups is 1. The van der Waals surface area contributed by atoms with Gasteiger partial charge in [-0.3, -0.25) is 14.9 Å². The summed E-state index contributed by atoms with van der Waals surface area (Å²) < 4.78 is 0. The number of H-pyrrole nitrogens is 1. The SMILES string of the molecule is CCC1S/C(=N\N=C\c2c(-c3ccc([N+](=O)[O-])cc3)[nH]c3ccccc23)NC1=O. The second kappa shape index (κ2) is 7.88. The Bertz CT molecular complexity index is 1150. The Hall–Kier alpha value is -3.46. The number of rotatable bonds is 5. The predicted octanol–water partition coefficient (Wildman–Crippen LogP) is 4.07. The molecule has 1 saturated heterocycles. The van der Waals surface area contributed by atoms with E-state index in [1.807, 2.05) is 31.2 Å². The van der Waals surface area contributed by atoms with E-state index >= 15 is 0 Å². The number of nitrogens with one attached hydrogen (secondary N) is 2. The highest BCUT2D eigenvalue weighted by Gasteiger charge is 2.28. The molecule has 0 spiro atoms. The van der Waals surface area contributed by atoms with Crippen LogP contribution in [-0.4, -0.2) is 32.4 Å². The van der Waals surface area contributed by atoms with Crippen LogP contribution >= 0.6 is 11.8 Å². The monoisotopic (exact) mass is 407 g/mol. The van der Waals surface area contributed by atoms with Crippen LogP contribution in [0.3, 0.4) is 0 Å². The van der Waals surface area contributed by atoms with Crippen molar-refractivity contribution >= 4 is 45.6 Å². The van der Waals surface area contributed by atoms with Crippen LogP contribution in [0.15, 0.2) is 58.7 Å². The number of nitro benzene ring substituents is 1. The number of hydrogen-bond donors (Lipinski definition) is 2. The molecule has 2 N–H and O–H groups in total. The quantitative estimate of drug-likeness (QED) is 0.377. The van der Waals surface area contributed by atoms with E-state index in [-0.39, 0.29) is 16.8 Å². The van der Waals surface area contributed by atoms with Crippen LogP contribution in [0.25, 0.3) is 22.2 Å². The Labute approximate surface area is 170 Å². The number of nitrogens with zero attached hydrogens (tertiary/aromatic N) is 3. The standard InChI is InChI=1S/C20H17N5O3S/c1-2-17-19(26)23-20(29-17)24-21-11-15-14-5-3-4-6-16(14)22-18(15)12-7-9-13(10-8-12)25(27)28/h3-11,17,22H,2H2,1H3,(H,23,24,26)/b21-11+. The molecule has 2 heterocycles. The van der Waals surface area contributed by atoms with Gasteiger partial charge in [-0.1, -0.05) is 36.9 Å². The van der Waals surface area contributed by atoms with Gasteiger partial charge in [-0.25, -0.2) is 0 Å². The highest BCUT2D eigenvalue weighted by molar-refractivity contribution is 8.15. The molecule has 0 radical (unpaired) electrons. The molecule has 0 bridgehead atoms. The minimum Gasteiger partial charge on any atom is -0.354 e. The molecule has 1 amide bonds. The van der Waals surface area contributed by atoms with Gasteiger partial charge in [-0.15, -0.1) is 5.10 Å². The summed E-state index contributed by atoms with van der Waals surface area (Å²) in [6.07, 6.45) is 2.36. The van der Waals surface area contributed by atoms with Gasteiger partial charge >= 0.3 is 0 Å². The third kappa shape index (κ3) is 3.77. The number of benzene rings is 2. The predicted molar refractivity (Wildman–Crippen MR) is 115 cm³/mol. The van der Waals surface area contributed by atoms with Crippen molar-refractivity contribution in [3.05, 3.63) is 64.2 Å². The Balaban J connectivity index is 1.71. The van der Waals surface area contributed by atoms with Gasteiger partial charge in [-0.2, -0.15) is 5.10 Å². The Kier molecular flexibility index (Phi) is 5.13. The smallest absolute Gasteiger partial charge is 0.269 e. The number of aromatic amines is 1. The maximum atomic E-state index is 11.8. The summed E-state index contributed by atoms with van der Waals surface area (Å²) in [7, 11) is 0. The second-order valence-corrected chi connectivity index (χ2v) is 7.61. The topological polar surface area (TPSA) is 113 Å². The van der Waals surface area contributed by atoms with Gasteiger partial charge in [-0.05, 0) is 30.2 Å². The summed E-state index contributed by atoms with van der Waals surface area (Å²) in [4.78, 5) is 25.6. The average Bonchev–Trinajstić information content (AvgIpc) is 3.28. The van der Waals surface area contributed by atoms with E-state index in [1.165, 1.54) is 23.9 Å². The third-order valence-corrected chi connectivity index (χ3v) is 5.83. The van der Waals surface area contributed by atoms with E-state index in [0.29, 0.717) is 5.17 Å². The summed E-state index contributed by atoms with van der Waals surface area (Å²) in [5, 5.41) is 23.3. The van der Waals surface area contributed by atoms with Crippen molar-refractivity contribution in [2.45, 2.75) is 18.6 Å². The molecular weight excluding hydrogens is 390 g/mol. The summed E-state index contributed by atoms with van der Waals surface area (Å²) in [5.41, 5.74) is 3.37. The first kappa shape index (κ1) is 18.9. The van der Waals surface area contributed by atoms with E-state index in [9.17, 15) is 14.9 Å². The maximum absolute atomic E-state index is 11.8. The first-order valence-electron chi connectivity index (χ1n) is 9.01. The van der Waals surface area contributed by atoms with Crippen molar-refractivity contribution in [2.75, 3.05) is 0 Å². The second-order valence-electron chi connectivity index (χ2n) is 6.42. The molecular formula is C20H17N5O3S. The molecule has 1 unspecified atom stereocenters. The van der Waals surface area contributed by atoms with Gasteiger partial charge < -0.3 is 10.3 Å². The lowest BCUT2D eigenvalue weighted by Gasteiger charge is -2.01. The molecule has 1 aromatic heterocycles. The van der Waals surface area contributed by atoms with E-state index in [0.717, 1.165) is 34.1 Å². The highest BCUT2D eigenvalue weighted by Crippen LogP contribution is 2.30. The van der Waals surface area contributed by atoms with Crippen molar-refractivity contribution < 1.29 is 9.72 Å². The lowest BCUT2D eigenvalue weighted by molar-refractivity contribution is -0.384. The van der Waals surface area contributed by atoms with E-state index in [4.69, 9.17) is 0 Å². The lowest BCUT2D eigenvalue weighted by atomic mass is 10.1. The summed E-state index contributed by atoms with van der Waals surface area (Å²) >= 11 is 1.37. The molecule has 1 atom stereocenters. The Morgan fingerprint density at radius 3 is 2.66 bits per heavy atom. The number of carbonyl (C=O) groups excluding carboxylic acids is 1. The third-order valence-electron chi connectivity index (χ3n) is 4.60. The van der Waals surface area contributed by atoms with E-state index in [2.05, 4.69) is 20.5 Å². The van der Waals surface area contributed by atoms with Crippen LogP contribution in [-0.2, 0) is 4.79 Å². The number of hydrogen-bond acceptors (Lipinski definition) is 6. The highest BCUT2D eigenvalue weighted by atomic mass is 32.2. The molecule has 0 aliphatic carbocycles. The van der Waals surface area contributed by atoms with Crippen molar-refractivity contribution in [1.29, 1.82) is 0 Å². The van der Waals surface area contributed by atoms with Crippen molar-refractivity contribution in [3.8, 4) is 11.3 Å². The number of amidine groups is 1. The van der Waals surface area contributed by atoms with E-state index in [1.54, 1.807) is 18.3 Å². The van der Waals surface area contributed by atoms with Gasteiger partial charge in [0.1, 0.15) is 0 Å². The molecule has 3 aromatic rings. The largest absolute Gasteiger partial charge is 0.354 e. The van der Waals surface area contributed by atoms with Gasteiger partial charge in [0.25, 0.3) is 5.69 Å². The zero-order valence-electron chi connectivity index (χ0n) is 15.5. The number of nitro groups is 1. The van der Waals surface area contributed by atoms with Gasteiger partial charge in [0.05, 0.1) is 22.1 Å². The zero-order chi connectivity index (χ0) is 20.4. The van der Waals surface area contributed by atoms with Gasteiger partial charge in [0.15, 0.2) is 5.17 Å². The normalized spacial score (nSPS) is 18.0. The van der Waals surface area contributed by atoms with Gasteiger partial charge in [0, 0.05) is 28.6 Å². The van der Waals surface area contributed by atoms with Crippen LogP contribution in [0.4, 0.5) is 5.69 Å². The van der Waals surface area contributed by atoms with E-state index < -0.39 is 4.92 Å². The minimum absolute atomic E-state index is 0.0333. The van der Waals surface area contributed by atoms with Gasteiger partial charge in [0.2, 0.25) is 5.91 Å². The molecule has 29 heavy (non-hydrogen) atoms. The number of non-ortho nitro benzene ring substituents is 1. The maximum Gasteiger partial charge on any atom is 0.269 e. The lowest BCUT2D eigenvalue weighted by Crippen LogP contribution is -2.24. The fraction of sp³-hybridized carbons (Fsp3) is 0.150. The molecule has 4 rings (SSSR count). The van der Waals surface area contributed by atoms with Crippen LogP contribution in [0.2, 0.25) is 0 Å². The number of amides is 1. The number of carbonyl (C=O) groups is 1. The molecule has 146 valence electrons. The van der Waals surface area contributed by atoms with Crippen molar-refractivity contribution in [1.82, 2.24) is 10.3 Å². The van der Waals surface area contributed by atoms with Crippen LogP contribution in [0.1, 0.15) is 18.9 Å². The van der Waals surface area contributed by atoms with Crippen LogP contribution in [0.5, 0.6) is 0 Å². The van der Waals surface area contributed by atoms with Crippen molar-refractivity contribution in [3.63, 3.8) is 0 Å². The molecule has 1 aliphatic heterocycles. The first-order chi connectivity index (χ1) is 14.1. The molecule has 1 fully saturated rings. The zero-order valence-corrected chi connectivity index (χ0v) is 16.3. The number of para-hydroxylation sites is 1. The number of aromatic nitrogens is 1. The Morgan fingerprint density at radius 2 is 1.97 bits per heavy atom. The first-order valence-corrected chi connectivity index (χ1v) is 9.89. The van der Waals surface area contributed by atoms with Crippen LogP contribution in [0, 0.1) is 10.1 Å². The van der Waals surface area contributed by atoms with Crippen molar-refractivity contribution in [2.24, 2.45) is 10.2 Å². The number of fused-ring (bicyclic) bond motifs is 1. The molecule has 2 aromatic carbocycles. The Morgan fingerprint density at radius 1 is 1.21 bits per heavy atom. The van der Waals surface area contributed by atoms with Crippen LogP contribution < -0.4 is 5.32 Å². The summed E-state index contributed by atoms with van der Waals surface area (Å²) in [6.45, 7) is 1.95. The summed E-state index contributed by atoms with van der Waals surface area (Å²) in [5.74, 6) is -0.0508. The molecule has 8 nitrogen and oxygen atoms in total. The molecule has 9 heteroatoms. The average molecular weight is 407 g/mol. The molecule has 1 aliphatic rings. The molecule has 0 saturated carbocycles.